The molecule has 2 N–H and O–H groups in total. The molecule has 17 heavy (non-hydrogen) atoms. The van der Waals surface area contributed by atoms with Crippen LogP contribution in [0.4, 0.5) is 0 Å². The van der Waals surface area contributed by atoms with Crippen LogP contribution in [0.5, 0.6) is 0 Å². The van der Waals surface area contributed by atoms with Crippen LogP contribution >= 0.6 is 0 Å². The summed E-state index contributed by atoms with van der Waals surface area (Å²) < 4.78 is 4.97. The van der Waals surface area contributed by atoms with Crippen molar-refractivity contribution in [3.8, 4) is 0 Å². The zero-order valence-corrected chi connectivity index (χ0v) is 10.3. The molecule has 1 heterocycles. The summed E-state index contributed by atoms with van der Waals surface area (Å²) in [7, 11) is 1.58. The SMILES string of the molecule is COCCN1C(=O)C(CC(=O)O)NCCC1C. The molecule has 2 atom stereocenters. The first-order valence-electron chi connectivity index (χ1n) is 5.81. The minimum absolute atomic E-state index is 0.115. The second-order valence-corrected chi connectivity index (χ2v) is 4.27. The van der Waals surface area contributed by atoms with Gasteiger partial charge in [-0.2, -0.15) is 0 Å². The van der Waals surface area contributed by atoms with Gasteiger partial charge in [-0.15, -0.1) is 0 Å². The van der Waals surface area contributed by atoms with E-state index in [2.05, 4.69) is 5.32 Å². The number of nitrogens with one attached hydrogen (secondary N) is 1. The van der Waals surface area contributed by atoms with Gasteiger partial charge in [-0.25, -0.2) is 0 Å². The lowest BCUT2D eigenvalue weighted by molar-refractivity contribution is -0.143. The van der Waals surface area contributed by atoms with Gasteiger partial charge in [0.1, 0.15) is 0 Å². The van der Waals surface area contributed by atoms with E-state index >= 15 is 0 Å². The Morgan fingerprint density at radius 1 is 1.65 bits per heavy atom. The van der Waals surface area contributed by atoms with Crippen LogP contribution in [-0.4, -0.2) is 60.8 Å². The number of methoxy groups -OCH3 is 1. The van der Waals surface area contributed by atoms with Crippen LogP contribution in [0.15, 0.2) is 0 Å². The Morgan fingerprint density at radius 3 is 2.94 bits per heavy atom. The Hall–Kier alpha value is -1.14. The predicted octanol–water partition coefficient (Wildman–Crippen LogP) is -0.313. The molecule has 0 aromatic rings. The summed E-state index contributed by atoms with van der Waals surface area (Å²) >= 11 is 0. The average molecular weight is 244 g/mol. The largest absolute Gasteiger partial charge is 0.481 e. The monoisotopic (exact) mass is 244 g/mol. The van der Waals surface area contributed by atoms with Gasteiger partial charge in [0, 0.05) is 19.7 Å². The number of hydrogen-bond donors (Lipinski definition) is 2. The highest BCUT2D eigenvalue weighted by molar-refractivity contribution is 5.86. The molecule has 6 nitrogen and oxygen atoms in total. The zero-order chi connectivity index (χ0) is 12.8. The predicted molar refractivity (Wildman–Crippen MR) is 61.7 cm³/mol. The van der Waals surface area contributed by atoms with E-state index in [1.807, 2.05) is 6.92 Å². The molecule has 1 aliphatic heterocycles. The second kappa shape index (κ2) is 6.56. The fraction of sp³-hybridized carbons (Fsp3) is 0.818. The highest BCUT2D eigenvalue weighted by atomic mass is 16.5. The summed E-state index contributed by atoms with van der Waals surface area (Å²) in [5.41, 5.74) is 0. The zero-order valence-electron chi connectivity index (χ0n) is 10.3. The van der Waals surface area contributed by atoms with E-state index in [1.54, 1.807) is 12.0 Å². The van der Waals surface area contributed by atoms with Gasteiger partial charge in [0.05, 0.1) is 19.1 Å². The minimum Gasteiger partial charge on any atom is -0.481 e. The van der Waals surface area contributed by atoms with Crippen LogP contribution in [0.2, 0.25) is 0 Å². The molecule has 1 amide bonds. The molecule has 0 aromatic heterocycles. The third kappa shape index (κ3) is 3.98. The van der Waals surface area contributed by atoms with Crippen molar-refractivity contribution in [1.82, 2.24) is 10.2 Å². The Balaban J connectivity index is 2.69. The lowest BCUT2D eigenvalue weighted by Crippen LogP contribution is -2.47. The summed E-state index contributed by atoms with van der Waals surface area (Å²) in [5, 5.41) is 11.8. The third-order valence-electron chi connectivity index (χ3n) is 2.98. The molecule has 1 fully saturated rings. The maximum atomic E-state index is 12.1. The van der Waals surface area contributed by atoms with Crippen molar-refractivity contribution in [2.24, 2.45) is 0 Å². The van der Waals surface area contributed by atoms with Crippen LogP contribution in [0.1, 0.15) is 19.8 Å². The number of nitrogens with zero attached hydrogens (tertiary/aromatic N) is 1. The minimum atomic E-state index is -0.961. The normalized spacial score (nSPS) is 25.8. The first kappa shape index (κ1) is 13.9. The van der Waals surface area contributed by atoms with Crippen LogP contribution in [-0.2, 0) is 14.3 Å². The van der Waals surface area contributed by atoms with Gasteiger partial charge in [0.2, 0.25) is 5.91 Å². The molecule has 0 bridgehead atoms. The summed E-state index contributed by atoms with van der Waals surface area (Å²) in [6.07, 6.45) is 0.653. The van der Waals surface area contributed by atoms with Crippen molar-refractivity contribution in [3.05, 3.63) is 0 Å². The Kier molecular flexibility index (Phi) is 5.37. The number of aliphatic carboxylic acids is 1. The van der Waals surface area contributed by atoms with E-state index in [0.29, 0.717) is 19.7 Å². The summed E-state index contributed by atoms with van der Waals surface area (Å²) in [6.45, 7) is 3.61. The molecule has 1 aliphatic rings. The molecule has 98 valence electrons. The first-order chi connectivity index (χ1) is 8.06. The quantitative estimate of drug-likeness (QED) is 0.693. The van der Waals surface area contributed by atoms with Crippen molar-refractivity contribution >= 4 is 11.9 Å². The lowest BCUT2D eigenvalue weighted by atomic mass is 10.1. The number of carboxylic acid groups (broad SMARTS) is 1. The molecule has 0 aliphatic carbocycles. The van der Waals surface area contributed by atoms with Gasteiger partial charge >= 0.3 is 5.97 Å². The maximum absolute atomic E-state index is 12.1. The van der Waals surface area contributed by atoms with E-state index in [9.17, 15) is 9.59 Å². The summed E-state index contributed by atoms with van der Waals surface area (Å²) in [4.78, 5) is 24.5. The second-order valence-electron chi connectivity index (χ2n) is 4.27. The number of carbonyl (C=O) groups is 2. The first-order valence-corrected chi connectivity index (χ1v) is 5.81. The Bertz CT molecular complexity index is 283. The standard InChI is InChI=1S/C11H20N2O4/c1-8-3-4-12-9(7-10(14)15)11(16)13(8)5-6-17-2/h8-9,12H,3-7H2,1-2H3,(H,14,15). The molecular weight excluding hydrogens is 224 g/mol. The fourth-order valence-corrected chi connectivity index (χ4v) is 1.98. The van der Waals surface area contributed by atoms with Crippen LogP contribution in [0, 0.1) is 0 Å². The topological polar surface area (TPSA) is 78.9 Å². The van der Waals surface area contributed by atoms with Gasteiger partial charge in [-0.1, -0.05) is 0 Å². The van der Waals surface area contributed by atoms with Gasteiger partial charge in [-0.05, 0) is 19.9 Å². The molecule has 1 rings (SSSR count). The van der Waals surface area contributed by atoms with Gasteiger partial charge in [0.15, 0.2) is 0 Å². The maximum Gasteiger partial charge on any atom is 0.305 e. The molecular formula is C11H20N2O4. The highest BCUT2D eigenvalue weighted by Crippen LogP contribution is 2.12. The molecule has 0 spiro atoms. The van der Waals surface area contributed by atoms with Crippen molar-refractivity contribution in [2.75, 3.05) is 26.8 Å². The molecule has 0 aromatic carbocycles. The Morgan fingerprint density at radius 2 is 2.35 bits per heavy atom. The van der Waals surface area contributed by atoms with Crippen molar-refractivity contribution in [2.45, 2.75) is 31.8 Å². The number of amides is 1. The smallest absolute Gasteiger partial charge is 0.305 e. The van der Waals surface area contributed by atoms with Crippen LogP contribution < -0.4 is 5.32 Å². The Labute approximate surface area is 101 Å². The molecule has 6 heteroatoms. The molecule has 0 saturated carbocycles. The van der Waals surface area contributed by atoms with E-state index in [-0.39, 0.29) is 18.4 Å². The van der Waals surface area contributed by atoms with E-state index < -0.39 is 12.0 Å². The van der Waals surface area contributed by atoms with Crippen molar-refractivity contribution in [3.63, 3.8) is 0 Å². The molecule has 0 radical (unpaired) electrons. The number of carboxylic acids is 1. The van der Waals surface area contributed by atoms with Crippen LogP contribution in [0.3, 0.4) is 0 Å². The summed E-state index contributed by atoms with van der Waals surface area (Å²) in [6, 6.07) is -0.502. The number of hydrogen-bond acceptors (Lipinski definition) is 4. The number of carbonyl (C=O) groups excluding carboxylic acids is 1. The number of ether oxygens (including phenoxy) is 1. The molecule has 1 saturated heterocycles. The van der Waals surface area contributed by atoms with Crippen LogP contribution in [0.25, 0.3) is 0 Å². The van der Waals surface area contributed by atoms with E-state index in [0.717, 1.165) is 6.42 Å². The average Bonchev–Trinajstić information content (AvgIpc) is 2.38. The molecule has 2 unspecified atom stereocenters. The number of rotatable bonds is 5. The van der Waals surface area contributed by atoms with Gasteiger partial charge in [-0.3, -0.25) is 9.59 Å². The van der Waals surface area contributed by atoms with Crippen molar-refractivity contribution < 1.29 is 19.4 Å². The highest BCUT2D eigenvalue weighted by Gasteiger charge is 2.31. The van der Waals surface area contributed by atoms with Crippen molar-refractivity contribution in [1.29, 1.82) is 0 Å². The lowest BCUT2D eigenvalue weighted by Gasteiger charge is -2.28. The van der Waals surface area contributed by atoms with Gasteiger partial charge in [0.25, 0.3) is 0 Å². The van der Waals surface area contributed by atoms with Gasteiger partial charge < -0.3 is 20.1 Å². The summed E-state index contributed by atoms with van der Waals surface area (Å²) in [5.74, 6) is -1.11. The van der Waals surface area contributed by atoms with E-state index in [4.69, 9.17) is 9.84 Å². The third-order valence-corrected chi connectivity index (χ3v) is 2.98. The fourth-order valence-electron chi connectivity index (χ4n) is 1.98. The van der Waals surface area contributed by atoms with E-state index in [1.165, 1.54) is 0 Å².